The van der Waals surface area contributed by atoms with Gasteiger partial charge in [-0.15, -0.1) is 11.3 Å². The van der Waals surface area contributed by atoms with Gasteiger partial charge in [0.15, 0.2) is 0 Å². The molecule has 0 aliphatic heterocycles. The van der Waals surface area contributed by atoms with Crippen molar-refractivity contribution >= 4 is 33.4 Å². The fraction of sp³-hybridized carbons (Fsp3) is 0.316. The van der Waals surface area contributed by atoms with Gasteiger partial charge in [0.2, 0.25) is 0 Å². The van der Waals surface area contributed by atoms with E-state index in [2.05, 4.69) is 10.4 Å². The summed E-state index contributed by atoms with van der Waals surface area (Å²) in [5.41, 5.74) is 1.79. The Kier molecular flexibility index (Phi) is 5.08. The van der Waals surface area contributed by atoms with E-state index in [1.54, 1.807) is 0 Å². The van der Waals surface area contributed by atoms with Gasteiger partial charge in [-0.05, 0) is 31.0 Å². The van der Waals surface area contributed by atoms with Crippen molar-refractivity contribution in [3.05, 3.63) is 47.0 Å². The number of aryl methyl sites for hydroxylation is 1. The van der Waals surface area contributed by atoms with Crippen LogP contribution in [0.15, 0.2) is 36.4 Å². The predicted molar refractivity (Wildman–Crippen MR) is 102 cm³/mol. The molecule has 0 aliphatic carbocycles. The number of para-hydroxylation sites is 1. The van der Waals surface area contributed by atoms with E-state index in [-0.39, 0.29) is 11.8 Å². The highest BCUT2D eigenvalue weighted by Crippen LogP contribution is 2.30. The topological polar surface area (TPSA) is 73.2 Å². The lowest BCUT2D eigenvalue weighted by atomic mass is 10.0. The number of aromatic nitrogens is 2. The minimum atomic E-state index is -0.676. The number of carbonyl (C=O) groups excluding carboxylic acids is 2. The number of fused-ring (bicyclic) bond motifs is 1. The Bertz CT molecular complexity index is 944. The van der Waals surface area contributed by atoms with Crippen LogP contribution in [0.2, 0.25) is 0 Å². The molecule has 2 aromatic heterocycles. The lowest BCUT2D eigenvalue weighted by Crippen LogP contribution is -2.44. The van der Waals surface area contributed by atoms with E-state index in [9.17, 15) is 9.59 Å². The van der Waals surface area contributed by atoms with E-state index in [0.717, 1.165) is 21.6 Å². The molecule has 0 saturated carbocycles. The molecule has 6 nitrogen and oxygen atoms in total. The third-order valence-electron chi connectivity index (χ3n) is 4.18. The second kappa shape index (κ2) is 7.29. The van der Waals surface area contributed by atoms with E-state index in [0.29, 0.717) is 4.88 Å². The molecule has 0 bridgehead atoms. The van der Waals surface area contributed by atoms with Crippen molar-refractivity contribution in [2.75, 3.05) is 7.11 Å². The molecule has 1 N–H and O–H groups in total. The van der Waals surface area contributed by atoms with Crippen LogP contribution >= 0.6 is 11.3 Å². The third kappa shape index (κ3) is 3.35. The molecule has 0 aliphatic rings. The SMILES string of the molecule is COC(=O)[C@@H](NC(=O)c1cc2c(C)nn(-c3ccccc3)c2s1)C(C)C. The Morgan fingerprint density at radius 2 is 1.92 bits per heavy atom. The van der Waals surface area contributed by atoms with Gasteiger partial charge in [-0.2, -0.15) is 5.10 Å². The maximum atomic E-state index is 12.7. The number of ether oxygens (including phenoxy) is 1. The first-order valence-electron chi connectivity index (χ1n) is 8.35. The number of rotatable bonds is 5. The Morgan fingerprint density at radius 1 is 1.23 bits per heavy atom. The standard InChI is InChI=1S/C19H21N3O3S/c1-11(2)16(19(24)25-4)20-17(23)15-10-14-12(3)21-22(18(14)26-15)13-8-6-5-7-9-13/h5-11,16H,1-4H3,(H,20,23)/t16-/m0/s1. The van der Waals surface area contributed by atoms with Gasteiger partial charge < -0.3 is 10.1 Å². The maximum Gasteiger partial charge on any atom is 0.328 e. The molecule has 1 atom stereocenters. The average Bonchev–Trinajstić information content (AvgIpc) is 3.20. The van der Waals surface area contributed by atoms with Crippen molar-refractivity contribution in [3.8, 4) is 5.69 Å². The van der Waals surface area contributed by atoms with Crippen molar-refractivity contribution in [1.29, 1.82) is 0 Å². The first kappa shape index (κ1) is 18.1. The molecule has 2 heterocycles. The molecule has 136 valence electrons. The number of hydrogen-bond donors (Lipinski definition) is 1. The molecular weight excluding hydrogens is 350 g/mol. The Morgan fingerprint density at radius 3 is 2.54 bits per heavy atom. The van der Waals surface area contributed by atoms with Gasteiger partial charge >= 0.3 is 5.97 Å². The Balaban J connectivity index is 1.94. The number of carbonyl (C=O) groups is 2. The van der Waals surface area contributed by atoms with E-state index in [1.165, 1.54) is 18.4 Å². The molecule has 3 aromatic rings. The van der Waals surface area contributed by atoms with Crippen molar-refractivity contribution in [3.63, 3.8) is 0 Å². The van der Waals surface area contributed by atoms with Gasteiger partial charge in [0.05, 0.1) is 23.4 Å². The van der Waals surface area contributed by atoms with Gasteiger partial charge in [0.25, 0.3) is 5.91 Å². The van der Waals surface area contributed by atoms with Gasteiger partial charge in [-0.1, -0.05) is 32.0 Å². The second-order valence-electron chi connectivity index (χ2n) is 6.38. The number of nitrogens with one attached hydrogen (secondary N) is 1. The van der Waals surface area contributed by atoms with Gasteiger partial charge in [0.1, 0.15) is 10.9 Å². The highest BCUT2D eigenvalue weighted by Gasteiger charge is 2.26. The maximum absolute atomic E-state index is 12.7. The lowest BCUT2D eigenvalue weighted by molar-refractivity contribution is -0.144. The molecule has 0 saturated heterocycles. The van der Waals surface area contributed by atoms with Crippen molar-refractivity contribution in [1.82, 2.24) is 15.1 Å². The number of methoxy groups -OCH3 is 1. The molecule has 0 unspecified atom stereocenters. The van der Waals surface area contributed by atoms with Crippen LogP contribution in [0.4, 0.5) is 0 Å². The monoisotopic (exact) mass is 371 g/mol. The summed E-state index contributed by atoms with van der Waals surface area (Å²) in [6.45, 7) is 5.65. The quantitative estimate of drug-likeness (QED) is 0.698. The highest BCUT2D eigenvalue weighted by molar-refractivity contribution is 7.20. The number of amides is 1. The van der Waals surface area contributed by atoms with Crippen LogP contribution in [0, 0.1) is 12.8 Å². The zero-order chi connectivity index (χ0) is 18.8. The highest BCUT2D eigenvalue weighted by atomic mass is 32.1. The fourth-order valence-electron chi connectivity index (χ4n) is 2.74. The molecule has 0 fully saturated rings. The van der Waals surface area contributed by atoms with Gasteiger partial charge in [0, 0.05) is 5.39 Å². The summed E-state index contributed by atoms with van der Waals surface area (Å²) >= 11 is 1.36. The molecule has 3 rings (SSSR count). The molecular formula is C19H21N3O3S. The summed E-state index contributed by atoms with van der Waals surface area (Å²) in [5, 5.41) is 8.29. The summed E-state index contributed by atoms with van der Waals surface area (Å²) in [4.78, 5) is 26.0. The number of thiophene rings is 1. The molecule has 0 spiro atoms. The zero-order valence-corrected chi connectivity index (χ0v) is 16.0. The van der Waals surface area contributed by atoms with Crippen molar-refractivity contribution in [2.45, 2.75) is 26.8 Å². The normalized spacial score (nSPS) is 12.3. The second-order valence-corrected chi connectivity index (χ2v) is 7.41. The Labute approximate surface area is 155 Å². The van der Waals surface area contributed by atoms with Crippen LogP contribution in [0.3, 0.4) is 0 Å². The van der Waals surface area contributed by atoms with Crippen LogP contribution in [-0.4, -0.2) is 34.8 Å². The fourth-order valence-corrected chi connectivity index (χ4v) is 3.83. The van der Waals surface area contributed by atoms with Crippen LogP contribution in [0.25, 0.3) is 15.9 Å². The molecule has 7 heteroatoms. The van der Waals surface area contributed by atoms with Crippen LogP contribution in [0.1, 0.15) is 29.2 Å². The molecule has 1 amide bonds. The number of benzene rings is 1. The summed E-state index contributed by atoms with van der Waals surface area (Å²) in [6, 6.07) is 10.9. The Hall–Kier alpha value is -2.67. The minimum Gasteiger partial charge on any atom is -0.467 e. The first-order valence-corrected chi connectivity index (χ1v) is 9.17. The third-order valence-corrected chi connectivity index (χ3v) is 5.29. The number of nitrogens with zero attached hydrogens (tertiary/aromatic N) is 2. The predicted octanol–water partition coefficient (Wildman–Crippen LogP) is 3.32. The van der Waals surface area contributed by atoms with E-state index < -0.39 is 12.0 Å². The van der Waals surface area contributed by atoms with E-state index in [4.69, 9.17) is 4.74 Å². The van der Waals surface area contributed by atoms with Crippen molar-refractivity contribution in [2.24, 2.45) is 5.92 Å². The van der Waals surface area contributed by atoms with Crippen LogP contribution in [-0.2, 0) is 9.53 Å². The van der Waals surface area contributed by atoms with E-state index in [1.807, 2.05) is 61.9 Å². The minimum absolute atomic E-state index is 0.0673. The van der Waals surface area contributed by atoms with Gasteiger partial charge in [-0.3, -0.25) is 4.79 Å². The summed E-state index contributed by atoms with van der Waals surface area (Å²) in [5.74, 6) is -0.794. The smallest absolute Gasteiger partial charge is 0.328 e. The van der Waals surface area contributed by atoms with E-state index >= 15 is 0 Å². The average molecular weight is 371 g/mol. The summed E-state index contributed by atoms with van der Waals surface area (Å²) < 4.78 is 6.63. The molecule has 0 radical (unpaired) electrons. The van der Waals surface area contributed by atoms with Crippen LogP contribution < -0.4 is 5.32 Å². The first-order chi connectivity index (χ1) is 12.4. The summed E-state index contributed by atoms with van der Waals surface area (Å²) in [7, 11) is 1.32. The lowest BCUT2D eigenvalue weighted by Gasteiger charge is -2.19. The molecule has 1 aromatic carbocycles. The zero-order valence-electron chi connectivity index (χ0n) is 15.1. The van der Waals surface area contributed by atoms with Gasteiger partial charge in [-0.25, -0.2) is 9.48 Å². The number of esters is 1. The summed E-state index contributed by atoms with van der Waals surface area (Å²) in [6.07, 6.45) is 0. The van der Waals surface area contributed by atoms with Crippen molar-refractivity contribution < 1.29 is 14.3 Å². The largest absolute Gasteiger partial charge is 0.467 e. The number of hydrogen-bond acceptors (Lipinski definition) is 5. The molecule has 26 heavy (non-hydrogen) atoms. The van der Waals surface area contributed by atoms with Crippen LogP contribution in [0.5, 0.6) is 0 Å².